The Morgan fingerprint density at radius 1 is 0.538 bits per heavy atom. The van der Waals surface area contributed by atoms with E-state index in [1.54, 1.807) is 0 Å². The van der Waals surface area contributed by atoms with E-state index in [-0.39, 0.29) is 40.0 Å². The molecule has 0 aromatic heterocycles. The number of anilines is 2. The van der Waals surface area contributed by atoms with E-state index in [0.717, 1.165) is 0 Å². The van der Waals surface area contributed by atoms with Crippen LogP contribution >= 0.6 is 0 Å². The molecule has 198 valence electrons. The molecule has 0 fully saturated rings. The minimum atomic E-state index is -0.805. The number of benzene rings is 4. The summed E-state index contributed by atoms with van der Waals surface area (Å²) in [5, 5.41) is 64.3. The van der Waals surface area contributed by atoms with Crippen molar-refractivity contribution in [3.8, 4) is 34.5 Å². The normalized spacial score (nSPS) is 10.6. The van der Waals surface area contributed by atoms with Gasteiger partial charge in [0.05, 0.1) is 16.7 Å². The van der Waals surface area contributed by atoms with E-state index in [9.17, 15) is 45.0 Å². The van der Waals surface area contributed by atoms with Gasteiger partial charge in [0, 0.05) is 17.8 Å². The maximum absolute atomic E-state index is 12.9. The number of hydrogen-bond donors (Lipinski definition) is 8. The molecule has 39 heavy (non-hydrogen) atoms. The second kappa shape index (κ2) is 10.7. The van der Waals surface area contributed by atoms with E-state index in [2.05, 4.69) is 10.6 Å². The maximum atomic E-state index is 12.9. The first-order valence-corrected chi connectivity index (χ1v) is 11.4. The Balaban J connectivity index is 1.69. The highest BCUT2D eigenvalue weighted by Gasteiger charge is 2.19. The molecule has 0 heterocycles. The zero-order valence-electron chi connectivity index (χ0n) is 20.0. The van der Waals surface area contributed by atoms with Crippen molar-refractivity contribution in [2.75, 3.05) is 10.6 Å². The van der Waals surface area contributed by atoms with Gasteiger partial charge in [-0.15, -0.1) is 0 Å². The predicted octanol–water partition coefficient (Wildman–Crippen LogP) is 3.85. The maximum Gasteiger partial charge on any atom is 0.259 e. The Morgan fingerprint density at radius 2 is 0.923 bits per heavy atom. The van der Waals surface area contributed by atoms with Crippen molar-refractivity contribution < 1.29 is 45.0 Å². The number of Topliss-reactive ketones (excluding diaryl/α,β-unsaturated/α-hetero) is 1. The Kier molecular flexibility index (Phi) is 7.25. The molecular weight excluding hydrogens is 508 g/mol. The molecule has 0 radical (unpaired) electrons. The largest absolute Gasteiger partial charge is 0.504 e. The number of amides is 2. The Morgan fingerprint density at radius 3 is 1.36 bits per heavy atom. The van der Waals surface area contributed by atoms with Gasteiger partial charge in [0.15, 0.2) is 40.3 Å². The monoisotopic (exact) mass is 530 g/mol. The average Bonchev–Trinajstić information content (AvgIpc) is 2.88. The van der Waals surface area contributed by atoms with Crippen molar-refractivity contribution in [1.82, 2.24) is 0 Å². The van der Waals surface area contributed by atoms with E-state index in [1.165, 1.54) is 72.8 Å². The van der Waals surface area contributed by atoms with E-state index >= 15 is 0 Å². The standard InChI is InChI=1S/C28H22N2O9/c31-20-7-1-4-17(24(20)35)23(34)12-14-10-15(29-27(38)18-5-2-8-21(32)25(18)36)13-16(11-14)30-28(39)19-6-3-9-22(33)26(19)37/h1-11,13,31-33,35-37H,12H2,(H,29,38)(H,30,39). The quantitative estimate of drug-likeness (QED) is 0.129. The third-order valence-corrected chi connectivity index (χ3v) is 5.71. The van der Waals surface area contributed by atoms with Gasteiger partial charge in [-0.25, -0.2) is 0 Å². The lowest BCUT2D eigenvalue weighted by Gasteiger charge is -2.14. The van der Waals surface area contributed by atoms with Gasteiger partial charge >= 0.3 is 0 Å². The summed E-state index contributed by atoms with van der Waals surface area (Å²) in [4.78, 5) is 38.5. The van der Waals surface area contributed by atoms with Crippen LogP contribution in [0.25, 0.3) is 0 Å². The molecule has 8 N–H and O–H groups in total. The molecule has 4 aromatic carbocycles. The fraction of sp³-hybridized carbons (Fsp3) is 0.0357. The van der Waals surface area contributed by atoms with Crippen molar-refractivity contribution >= 4 is 29.0 Å². The number of rotatable bonds is 7. The van der Waals surface area contributed by atoms with Crippen LogP contribution in [0.5, 0.6) is 34.5 Å². The number of carbonyl (C=O) groups is 3. The third-order valence-electron chi connectivity index (χ3n) is 5.71. The smallest absolute Gasteiger partial charge is 0.259 e. The van der Waals surface area contributed by atoms with Gasteiger partial charge in [-0.3, -0.25) is 14.4 Å². The molecule has 0 aliphatic carbocycles. The molecule has 0 atom stereocenters. The summed E-state index contributed by atoms with van der Waals surface area (Å²) >= 11 is 0. The summed E-state index contributed by atoms with van der Waals surface area (Å²) in [6, 6.07) is 15.7. The number of nitrogens with one attached hydrogen (secondary N) is 2. The number of carbonyl (C=O) groups excluding carboxylic acids is 3. The summed E-state index contributed by atoms with van der Waals surface area (Å²) in [6.07, 6.45) is -0.321. The highest BCUT2D eigenvalue weighted by Crippen LogP contribution is 2.32. The highest BCUT2D eigenvalue weighted by molar-refractivity contribution is 6.09. The van der Waals surface area contributed by atoms with Crippen molar-refractivity contribution in [1.29, 1.82) is 0 Å². The van der Waals surface area contributed by atoms with Crippen molar-refractivity contribution in [3.05, 3.63) is 95.1 Å². The van der Waals surface area contributed by atoms with Gasteiger partial charge in [0.1, 0.15) is 0 Å². The number of phenolic OH excluding ortho intramolecular Hbond substituents is 6. The first kappa shape index (κ1) is 26.4. The minimum Gasteiger partial charge on any atom is -0.504 e. The molecule has 0 saturated heterocycles. The molecule has 4 rings (SSSR count). The third kappa shape index (κ3) is 5.67. The van der Waals surface area contributed by atoms with Crippen LogP contribution in [0.4, 0.5) is 11.4 Å². The van der Waals surface area contributed by atoms with Crippen LogP contribution in [-0.2, 0) is 6.42 Å². The van der Waals surface area contributed by atoms with Crippen LogP contribution in [0.2, 0.25) is 0 Å². The summed E-state index contributed by atoms with van der Waals surface area (Å²) in [5.74, 6) is -5.58. The van der Waals surface area contributed by atoms with E-state index in [4.69, 9.17) is 0 Å². The zero-order chi connectivity index (χ0) is 28.3. The summed E-state index contributed by atoms with van der Waals surface area (Å²) in [5.41, 5.74) is -0.180. The molecule has 11 heteroatoms. The summed E-state index contributed by atoms with van der Waals surface area (Å²) in [7, 11) is 0. The van der Waals surface area contributed by atoms with E-state index < -0.39 is 52.1 Å². The molecule has 2 amide bonds. The molecule has 0 aliphatic heterocycles. The van der Waals surface area contributed by atoms with Crippen molar-refractivity contribution in [2.24, 2.45) is 0 Å². The SMILES string of the molecule is O=C(Cc1cc(NC(=O)c2cccc(O)c2O)cc(NC(=O)c2cccc(O)c2O)c1)c1cccc(O)c1O. The van der Waals surface area contributed by atoms with Gasteiger partial charge in [-0.1, -0.05) is 18.2 Å². The van der Waals surface area contributed by atoms with E-state index in [0.29, 0.717) is 0 Å². The number of aromatic hydroxyl groups is 6. The zero-order valence-corrected chi connectivity index (χ0v) is 20.0. The molecule has 0 spiro atoms. The topological polar surface area (TPSA) is 197 Å². The van der Waals surface area contributed by atoms with Crippen LogP contribution in [0.3, 0.4) is 0 Å². The number of phenols is 6. The van der Waals surface area contributed by atoms with E-state index in [1.807, 2.05) is 0 Å². The first-order chi connectivity index (χ1) is 18.5. The molecule has 0 aliphatic rings. The Bertz CT molecular complexity index is 1410. The average molecular weight is 530 g/mol. The van der Waals surface area contributed by atoms with Gasteiger partial charge in [-0.2, -0.15) is 0 Å². The van der Waals surface area contributed by atoms with Crippen molar-refractivity contribution in [2.45, 2.75) is 6.42 Å². The molecule has 0 unspecified atom stereocenters. The molecular formula is C28H22N2O9. The van der Waals surface area contributed by atoms with Crippen LogP contribution in [0, 0.1) is 0 Å². The lowest BCUT2D eigenvalue weighted by molar-refractivity contribution is 0.0987. The first-order valence-electron chi connectivity index (χ1n) is 11.4. The second-order valence-electron chi connectivity index (χ2n) is 8.45. The Labute approximate surface area is 220 Å². The second-order valence-corrected chi connectivity index (χ2v) is 8.45. The number of ketones is 1. The van der Waals surface area contributed by atoms with Crippen LogP contribution in [0.1, 0.15) is 36.6 Å². The highest BCUT2D eigenvalue weighted by atomic mass is 16.3. The minimum absolute atomic E-state index is 0.0867. The van der Waals surface area contributed by atoms with Crippen LogP contribution in [-0.4, -0.2) is 48.2 Å². The molecule has 11 nitrogen and oxygen atoms in total. The van der Waals surface area contributed by atoms with Crippen molar-refractivity contribution in [3.63, 3.8) is 0 Å². The number of hydrogen-bond acceptors (Lipinski definition) is 9. The lowest BCUT2D eigenvalue weighted by Crippen LogP contribution is -2.15. The number of para-hydroxylation sites is 3. The fourth-order valence-corrected chi connectivity index (χ4v) is 3.80. The van der Waals surface area contributed by atoms with Gasteiger partial charge in [-0.05, 0) is 60.2 Å². The fourth-order valence-electron chi connectivity index (χ4n) is 3.80. The van der Waals surface area contributed by atoms with Gasteiger partial charge in [0.2, 0.25) is 0 Å². The van der Waals surface area contributed by atoms with Gasteiger partial charge < -0.3 is 41.3 Å². The predicted molar refractivity (Wildman–Crippen MR) is 140 cm³/mol. The van der Waals surface area contributed by atoms with Gasteiger partial charge in [0.25, 0.3) is 11.8 Å². The lowest BCUT2D eigenvalue weighted by atomic mass is 10.0. The Hall–Kier alpha value is -5.71. The van der Waals surface area contributed by atoms with Crippen LogP contribution in [0.15, 0.2) is 72.8 Å². The summed E-state index contributed by atoms with van der Waals surface area (Å²) in [6.45, 7) is 0. The molecule has 4 aromatic rings. The molecule has 0 bridgehead atoms. The van der Waals surface area contributed by atoms with Crippen LogP contribution < -0.4 is 10.6 Å². The molecule has 0 saturated carbocycles. The summed E-state index contributed by atoms with van der Waals surface area (Å²) < 4.78 is 0.